The lowest BCUT2D eigenvalue weighted by Gasteiger charge is -2.33. The van der Waals surface area contributed by atoms with Gasteiger partial charge in [0.2, 0.25) is 0 Å². The summed E-state index contributed by atoms with van der Waals surface area (Å²) in [6, 6.07) is 7.09. The number of nitrogens with zero attached hydrogens (tertiary/aromatic N) is 1. The van der Waals surface area contributed by atoms with Crippen LogP contribution in [0.25, 0.3) is 0 Å². The summed E-state index contributed by atoms with van der Waals surface area (Å²) >= 11 is 0. The van der Waals surface area contributed by atoms with Crippen molar-refractivity contribution < 1.29 is 13.2 Å². The summed E-state index contributed by atoms with van der Waals surface area (Å²) in [6.45, 7) is 7.35. The molecule has 0 radical (unpaired) electrons. The molecule has 0 saturated heterocycles. The van der Waals surface area contributed by atoms with E-state index in [4.69, 9.17) is 0 Å². The Bertz CT molecular complexity index is 416. The van der Waals surface area contributed by atoms with Crippen LogP contribution in [0.1, 0.15) is 39.3 Å². The molecule has 20 heavy (non-hydrogen) atoms. The zero-order valence-electron chi connectivity index (χ0n) is 12.5. The van der Waals surface area contributed by atoms with Crippen LogP contribution in [-0.2, 0) is 0 Å². The van der Waals surface area contributed by atoms with Gasteiger partial charge in [0.25, 0.3) is 0 Å². The largest absolute Gasteiger partial charge is 0.405 e. The van der Waals surface area contributed by atoms with Crippen LogP contribution in [0.3, 0.4) is 0 Å². The van der Waals surface area contributed by atoms with E-state index in [0.717, 1.165) is 12.1 Å². The van der Waals surface area contributed by atoms with Crippen LogP contribution in [-0.4, -0.2) is 25.3 Å². The molecule has 1 rings (SSSR count). The van der Waals surface area contributed by atoms with E-state index in [0.29, 0.717) is 5.69 Å². The Labute approximate surface area is 119 Å². The molecule has 1 unspecified atom stereocenters. The highest BCUT2D eigenvalue weighted by atomic mass is 19.4. The van der Waals surface area contributed by atoms with Gasteiger partial charge in [-0.3, -0.25) is 0 Å². The minimum atomic E-state index is -4.21. The van der Waals surface area contributed by atoms with Crippen LogP contribution in [0, 0.1) is 0 Å². The molecule has 2 nitrogen and oxygen atoms in total. The topological polar surface area (TPSA) is 15.3 Å². The molecule has 0 spiro atoms. The number of benzene rings is 1. The second-order valence-corrected chi connectivity index (χ2v) is 5.18. The molecule has 114 valence electrons. The molecule has 0 aliphatic rings. The first-order valence-corrected chi connectivity index (χ1v) is 6.92. The molecule has 1 N–H and O–H groups in total. The number of nitrogens with one attached hydrogen (secondary N) is 1. The summed E-state index contributed by atoms with van der Waals surface area (Å²) < 4.78 is 38.3. The van der Waals surface area contributed by atoms with Crippen molar-refractivity contribution in [1.29, 1.82) is 0 Å². The van der Waals surface area contributed by atoms with Crippen LogP contribution >= 0.6 is 0 Å². The Morgan fingerprint density at radius 1 is 1.15 bits per heavy atom. The molecule has 0 aliphatic heterocycles. The molecule has 0 aromatic heterocycles. The molecular weight excluding hydrogens is 265 g/mol. The lowest BCUT2D eigenvalue weighted by atomic mass is 10.0. The summed E-state index contributed by atoms with van der Waals surface area (Å²) in [6.07, 6.45) is -4.21. The Hall–Kier alpha value is -1.23. The van der Waals surface area contributed by atoms with E-state index < -0.39 is 12.7 Å². The van der Waals surface area contributed by atoms with Gasteiger partial charge >= 0.3 is 6.18 Å². The van der Waals surface area contributed by atoms with E-state index in [9.17, 15) is 13.2 Å². The summed E-state index contributed by atoms with van der Waals surface area (Å²) in [7, 11) is 0. The predicted molar refractivity (Wildman–Crippen MR) is 77.1 cm³/mol. The standard InChI is InChI=1S/C15H23F3N2/c1-5-19-12(4)13-8-6-7-9-14(13)20(11(2)3)10-15(16,17)18/h6-9,11-12,19H,5,10H2,1-4H3. The van der Waals surface area contributed by atoms with E-state index in [1.165, 1.54) is 4.90 Å². The smallest absolute Gasteiger partial charge is 0.360 e. The zero-order valence-corrected chi connectivity index (χ0v) is 12.5. The van der Waals surface area contributed by atoms with Gasteiger partial charge in [0, 0.05) is 17.8 Å². The molecular formula is C15H23F3N2. The maximum atomic E-state index is 12.8. The summed E-state index contributed by atoms with van der Waals surface area (Å²) in [4.78, 5) is 1.41. The van der Waals surface area contributed by atoms with Crippen molar-refractivity contribution in [1.82, 2.24) is 5.32 Å². The molecule has 1 aromatic carbocycles. The van der Waals surface area contributed by atoms with Gasteiger partial charge in [0.1, 0.15) is 6.54 Å². The summed E-state index contributed by atoms with van der Waals surface area (Å²) in [5, 5.41) is 3.25. The fourth-order valence-corrected chi connectivity index (χ4v) is 2.27. The number of anilines is 1. The Morgan fingerprint density at radius 3 is 2.25 bits per heavy atom. The van der Waals surface area contributed by atoms with Crippen molar-refractivity contribution in [3.05, 3.63) is 29.8 Å². The van der Waals surface area contributed by atoms with Crippen molar-refractivity contribution in [2.75, 3.05) is 18.0 Å². The summed E-state index contributed by atoms with van der Waals surface area (Å²) in [5.74, 6) is 0. The van der Waals surface area contributed by atoms with Gasteiger partial charge in [-0.2, -0.15) is 13.2 Å². The number of hydrogen-bond acceptors (Lipinski definition) is 2. The average Bonchev–Trinajstić information content (AvgIpc) is 2.35. The second kappa shape index (κ2) is 6.97. The van der Waals surface area contributed by atoms with Gasteiger partial charge < -0.3 is 10.2 Å². The molecule has 0 amide bonds. The van der Waals surface area contributed by atoms with Crippen LogP contribution in [0.15, 0.2) is 24.3 Å². The highest BCUT2D eigenvalue weighted by molar-refractivity contribution is 5.55. The van der Waals surface area contributed by atoms with Gasteiger partial charge in [-0.25, -0.2) is 0 Å². The first kappa shape index (κ1) is 16.8. The van der Waals surface area contributed by atoms with Gasteiger partial charge in [-0.15, -0.1) is 0 Å². The lowest BCUT2D eigenvalue weighted by Crippen LogP contribution is -2.40. The van der Waals surface area contributed by atoms with Crippen molar-refractivity contribution in [3.8, 4) is 0 Å². The lowest BCUT2D eigenvalue weighted by molar-refractivity contribution is -0.120. The van der Waals surface area contributed by atoms with Crippen molar-refractivity contribution in [2.45, 2.75) is 46.0 Å². The van der Waals surface area contributed by atoms with Crippen LogP contribution in [0.5, 0.6) is 0 Å². The highest BCUT2D eigenvalue weighted by Gasteiger charge is 2.33. The van der Waals surface area contributed by atoms with Gasteiger partial charge in [-0.1, -0.05) is 25.1 Å². The van der Waals surface area contributed by atoms with Crippen molar-refractivity contribution in [3.63, 3.8) is 0 Å². The van der Waals surface area contributed by atoms with E-state index in [2.05, 4.69) is 5.32 Å². The molecule has 5 heteroatoms. The third kappa shape index (κ3) is 4.71. The number of alkyl halides is 3. The number of hydrogen-bond donors (Lipinski definition) is 1. The third-order valence-electron chi connectivity index (χ3n) is 3.20. The monoisotopic (exact) mass is 288 g/mol. The summed E-state index contributed by atoms with van der Waals surface area (Å²) in [5.41, 5.74) is 1.54. The Kier molecular flexibility index (Phi) is 5.87. The first-order chi connectivity index (χ1) is 9.26. The second-order valence-electron chi connectivity index (χ2n) is 5.18. The van der Waals surface area contributed by atoms with Gasteiger partial charge in [0.15, 0.2) is 0 Å². The highest BCUT2D eigenvalue weighted by Crippen LogP contribution is 2.30. The Balaban J connectivity index is 3.13. The fourth-order valence-electron chi connectivity index (χ4n) is 2.27. The first-order valence-electron chi connectivity index (χ1n) is 6.92. The third-order valence-corrected chi connectivity index (χ3v) is 3.20. The average molecular weight is 288 g/mol. The molecule has 0 bridgehead atoms. The maximum Gasteiger partial charge on any atom is 0.405 e. The van der Waals surface area contributed by atoms with Gasteiger partial charge in [-0.05, 0) is 38.9 Å². The van der Waals surface area contributed by atoms with E-state index in [1.54, 1.807) is 26.0 Å². The van der Waals surface area contributed by atoms with Gasteiger partial charge in [0.05, 0.1) is 0 Å². The fraction of sp³-hybridized carbons (Fsp3) is 0.600. The van der Waals surface area contributed by atoms with Crippen molar-refractivity contribution >= 4 is 5.69 Å². The molecule has 0 heterocycles. The van der Waals surface area contributed by atoms with E-state index in [1.807, 2.05) is 26.0 Å². The number of para-hydroxylation sites is 1. The number of rotatable bonds is 6. The van der Waals surface area contributed by atoms with Crippen LogP contribution < -0.4 is 10.2 Å². The maximum absolute atomic E-state index is 12.8. The molecule has 0 saturated carbocycles. The molecule has 0 fully saturated rings. The minimum absolute atomic E-state index is 0.0192. The van der Waals surface area contributed by atoms with Crippen molar-refractivity contribution in [2.24, 2.45) is 0 Å². The Morgan fingerprint density at radius 2 is 1.75 bits per heavy atom. The van der Waals surface area contributed by atoms with E-state index in [-0.39, 0.29) is 12.1 Å². The van der Waals surface area contributed by atoms with Crippen LogP contribution in [0.2, 0.25) is 0 Å². The van der Waals surface area contributed by atoms with E-state index >= 15 is 0 Å². The minimum Gasteiger partial charge on any atom is -0.360 e. The number of halogens is 3. The zero-order chi connectivity index (χ0) is 15.3. The normalized spacial score (nSPS) is 13.6. The molecule has 1 aromatic rings. The quantitative estimate of drug-likeness (QED) is 0.846. The molecule has 1 atom stereocenters. The predicted octanol–water partition coefficient (Wildman–Crippen LogP) is 4.13. The SMILES string of the molecule is CCNC(C)c1ccccc1N(CC(F)(F)F)C(C)C. The molecule has 0 aliphatic carbocycles. The van der Waals surface area contributed by atoms with Crippen LogP contribution in [0.4, 0.5) is 18.9 Å².